The highest BCUT2D eigenvalue weighted by atomic mass is 16.5. The van der Waals surface area contributed by atoms with Gasteiger partial charge in [-0.15, -0.1) is 0 Å². The fraction of sp³-hybridized carbons (Fsp3) is 0.611. The predicted octanol–water partition coefficient (Wildman–Crippen LogP) is 2.61. The highest BCUT2D eigenvalue weighted by Crippen LogP contribution is 2.24. The Bertz CT molecular complexity index is 464. The monoisotopic (exact) mass is 321 g/mol. The number of benzene rings is 1. The van der Waals surface area contributed by atoms with Crippen LogP contribution in [0.3, 0.4) is 0 Å². The Morgan fingerprint density at radius 3 is 2.26 bits per heavy atom. The van der Waals surface area contributed by atoms with Gasteiger partial charge in [-0.25, -0.2) is 4.79 Å². The number of carbonyl (C=O) groups is 1. The van der Waals surface area contributed by atoms with Gasteiger partial charge < -0.3 is 20.3 Å². The zero-order valence-electron chi connectivity index (χ0n) is 15.1. The van der Waals surface area contributed by atoms with Crippen molar-refractivity contribution in [1.29, 1.82) is 0 Å². The smallest absolute Gasteiger partial charge is 0.314 e. The first-order valence-electron chi connectivity index (χ1n) is 8.19. The lowest BCUT2D eigenvalue weighted by molar-refractivity contribution is 0.237. The van der Waals surface area contributed by atoms with Crippen LogP contribution in [0.5, 0.6) is 5.75 Å². The van der Waals surface area contributed by atoms with Gasteiger partial charge in [0, 0.05) is 19.6 Å². The van der Waals surface area contributed by atoms with Gasteiger partial charge in [0.2, 0.25) is 0 Å². The summed E-state index contributed by atoms with van der Waals surface area (Å²) in [5, 5.41) is 5.63. The Morgan fingerprint density at radius 2 is 1.70 bits per heavy atom. The number of ether oxygens (including phenoxy) is 1. The van der Waals surface area contributed by atoms with E-state index in [4.69, 9.17) is 4.74 Å². The van der Waals surface area contributed by atoms with Crippen molar-refractivity contribution in [2.24, 2.45) is 0 Å². The van der Waals surface area contributed by atoms with Crippen LogP contribution in [0.2, 0.25) is 0 Å². The van der Waals surface area contributed by atoms with Crippen LogP contribution >= 0.6 is 0 Å². The predicted molar refractivity (Wildman–Crippen MR) is 95.2 cm³/mol. The van der Waals surface area contributed by atoms with Gasteiger partial charge in [0.05, 0.1) is 6.61 Å². The molecule has 5 heteroatoms. The molecule has 2 amide bonds. The summed E-state index contributed by atoms with van der Waals surface area (Å²) < 4.78 is 5.69. The van der Waals surface area contributed by atoms with E-state index >= 15 is 0 Å². The maximum atomic E-state index is 11.5. The maximum absolute atomic E-state index is 11.5. The number of nitrogens with one attached hydrogen (secondary N) is 2. The van der Waals surface area contributed by atoms with Crippen LogP contribution in [0.15, 0.2) is 24.3 Å². The second-order valence-corrected chi connectivity index (χ2v) is 6.96. The first-order chi connectivity index (χ1) is 10.8. The lowest BCUT2D eigenvalue weighted by Gasteiger charge is -2.19. The highest BCUT2D eigenvalue weighted by Gasteiger charge is 2.12. The third kappa shape index (κ3) is 8.45. The molecule has 0 saturated carbocycles. The maximum Gasteiger partial charge on any atom is 0.314 e. The Balaban J connectivity index is 2.14. The molecule has 2 N–H and O–H groups in total. The normalized spacial score (nSPS) is 11.4. The van der Waals surface area contributed by atoms with Crippen LogP contribution in [0, 0.1) is 0 Å². The van der Waals surface area contributed by atoms with Gasteiger partial charge in [-0.1, -0.05) is 32.9 Å². The summed E-state index contributed by atoms with van der Waals surface area (Å²) in [6, 6.07) is 8.09. The second-order valence-electron chi connectivity index (χ2n) is 6.96. The van der Waals surface area contributed by atoms with E-state index in [0.29, 0.717) is 19.7 Å². The number of amides is 2. The van der Waals surface area contributed by atoms with E-state index in [0.717, 1.165) is 18.7 Å². The van der Waals surface area contributed by atoms with Gasteiger partial charge in [-0.2, -0.15) is 0 Å². The lowest BCUT2D eigenvalue weighted by atomic mass is 9.87. The molecule has 0 aliphatic heterocycles. The summed E-state index contributed by atoms with van der Waals surface area (Å²) in [6.45, 7) is 9.26. The van der Waals surface area contributed by atoms with Crippen molar-refractivity contribution in [3.63, 3.8) is 0 Å². The largest absolute Gasteiger partial charge is 0.494 e. The number of hydrogen-bond donors (Lipinski definition) is 2. The summed E-state index contributed by atoms with van der Waals surface area (Å²) in [5.41, 5.74) is 1.45. The Labute approximate surface area is 140 Å². The van der Waals surface area contributed by atoms with Crippen molar-refractivity contribution in [2.45, 2.75) is 32.6 Å². The quantitative estimate of drug-likeness (QED) is 0.724. The molecule has 0 atom stereocenters. The molecule has 1 aromatic carbocycles. The average Bonchev–Trinajstić information content (AvgIpc) is 2.46. The first kappa shape index (κ1) is 19.3. The molecular weight excluding hydrogens is 290 g/mol. The molecule has 0 unspecified atom stereocenters. The molecule has 1 rings (SSSR count). The summed E-state index contributed by atoms with van der Waals surface area (Å²) >= 11 is 0. The Kier molecular flexibility index (Phi) is 7.89. The lowest BCUT2D eigenvalue weighted by Crippen LogP contribution is -2.39. The molecule has 5 nitrogen and oxygen atoms in total. The van der Waals surface area contributed by atoms with Gasteiger partial charge in [0.25, 0.3) is 0 Å². The zero-order valence-corrected chi connectivity index (χ0v) is 15.1. The van der Waals surface area contributed by atoms with E-state index in [1.807, 2.05) is 31.1 Å². The third-order valence-electron chi connectivity index (χ3n) is 3.44. The average molecular weight is 321 g/mol. The van der Waals surface area contributed by atoms with Crippen molar-refractivity contribution in [1.82, 2.24) is 15.5 Å². The van der Waals surface area contributed by atoms with E-state index in [2.05, 4.69) is 43.5 Å². The number of rotatable bonds is 8. The molecule has 0 heterocycles. The summed E-state index contributed by atoms with van der Waals surface area (Å²) in [7, 11) is 3.95. The molecule has 0 radical (unpaired) electrons. The minimum Gasteiger partial charge on any atom is -0.494 e. The van der Waals surface area contributed by atoms with Gasteiger partial charge in [0.1, 0.15) is 5.75 Å². The molecule has 0 aliphatic rings. The molecule has 0 aromatic heterocycles. The van der Waals surface area contributed by atoms with Gasteiger partial charge in [0.15, 0.2) is 0 Å². The van der Waals surface area contributed by atoms with Crippen LogP contribution in [-0.4, -0.2) is 51.3 Å². The topological polar surface area (TPSA) is 53.6 Å². The molecule has 1 aromatic rings. The minimum absolute atomic E-state index is 0.124. The van der Waals surface area contributed by atoms with E-state index in [9.17, 15) is 4.79 Å². The summed E-state index contributed by atoms with van der Waals surface area (Å²) in [6.07, 6.45) is 0.780. The van der Waals surface area contributed by atoms with Crippen molar-refractivity contribution >= 4 is 6.03 Å². The highest BCUT2D eigenvalue weighted by molar-refractivity contribution is 5.73. The van der Waals surface area contributed by atoms with Crippen LogP contribution in [0.4, 0.5) is 4.79 Å². The van der Waals surface area contributed by atoms with Gasteiger partial charge in [-0.3, -0.25) is 0 Å². The van der Waals surface area contributed by atoms with E-state index in [1.165, 1.54) is 5.56 Å². The van der Waals surface area contributed by atoms with Crippen LogP contribution in [0.25, 0.3) is 0 Å². The van der Waals surface area contributed by atoms with Crippen molar-refractivity contribution < 1.29 is 9.53 Å². The van der Waals surface area contributed by atoms with Crippen molar-refractivity contribution in [2.75, 3.05) is 40.3 Å². The van der Waals surface area contributed by atoms with Crippen LogP contribution < -0.4 is 15.4 Å². The standard InChI is InChI=1S/C18H31N3O2/c1-18(2,3)15-7-9-16(10-8-15)23-14-6-11-19-17(22)20-12-13-21(4)5/h7-10H,6,11-14H2,1-5H3,(H2,19,20,22). The Morgan fingerprint density at radius 1 is 1.09 bits per heavy atom. The van der Waals surface area contributed by atoms with E-state index in [-0.39, 0.29) is 11.4 Å². The molecule has 23 heavy (non-hydrogen) atoms. The SMILES string of the molecule is CN(C)CCNC(=O)NCCCOc1ccc(C(C)(C)C)cc1. The number of urea groups is 1. The molecule has 0 bridgehead atoms. The van der Waals surface area contributed by atoms with Crippen molar-refractivity contribution in [3.05, 3.63) is 29.8 Å². The number of nitrogens with zero attached hydrogens (tertiary/aromatic N) is 1. The minimum atomic E-state index is -0.124. The zero-order chi connectivity index (χ0) is 17.3. The third-order valence-corrected chi connectivity index (χ3v) is 3.44. The molecule has 0 fully saturated rings. The first-order valence-corrected chi connectivity index (χ1v) is 8.19. The Hall–Kier alpha value is -1.75. The number of likely N-dealkylation sites (N-methyl/N-ethyl adjacent to an activating group) is 1. The summed E-state index contributed by atoms with van der Waals surface area (Å²) in [4.78, 5) is 13.5. The molecule has 0 spiro atoms. The van der Waals surface area contributed by atoms with Crippen LogP contribution in [-0.2, 0) is 5.41 Å². The fourth-order valence-corrected chi connectivity index (χ4v) is 1.97. The fourth-order valence-electron chi connectivity index (χ4n) is 1.97. The van der Waals surface area contributed by atoms with E-state index in [1.54, 1.807) is 0 Å². The molecule has 130 valence electrons. The molecule has 0 saturated heterocycles. The molecule has 0 aliphatic carbocycles. The van der Waals surface area contributed by atoms with E-state index < -0.39 is 0 Å². The summed E-state index contributed by atoms with van der Waals surface area (Å²) in [5.74, 6) is 0.869. The number of carbonyl (C=O) groups excluding carboxylic acids is 1. The second kappa shape index (κ2) is 9.40. The van der Waals surface area contributed by atoms with Gasteiger partial charge in [-0.05, 0) is 43.6 Å². The van der Waals surface area contributed by atoms with Crippen molar-refractivity contribution in [3.8, 4) is 5.75 Å². The molecular formula is C18H31N3O2. The van der Waals surface area contributed by atoms with Gasteiger partial charge >= 0.3 is 6.03 Å². The van der Waals surface area contributed by atoms with Crippen LogP contribution in [0.1, 0.15) is 32.8 Å². The number of hydrogen-bond acceptors (Lipinski definition) is 3.